The minimum atomic E-state index is -0.829. The number of carbonyl (C=O) groups is 3. The van der Waals surface area contributed by atoms with Crippen molar-refractivity contribution in [3.63, 3.8) is 0 Å². The zero-order valence-electron chi connectivity index (χ0n) is 29.8. The molecule has 0 rings (SSSR count). The number of allylic oxidation sites excluding steroid dienone is 2. The molecular weight excluding hydrogens is 566 g/mol. The predicted molar refractivity (Wildman–Crippen MR) is 187 cm³/mol. The number of quaternary nitrogens is 1. The highest BCUT2D eigenvalue weighted by Crippen LogP contribution is 2.22. The quantitative estimate of drug-likeness (QED) is 0.0375. The fourth-order valence-corrected chi connectivity index (χ4v) is 6.02. The van der Waals surface area contributed by atoms with Gasteiger partial charge < -0.3 is 19.8 Å². The number of rotatable bonds is 33. The summed E-state index contributed by atoms with van der Waals surface area (Å²) in [4.78, 5) is 34.5. The van der Waals surface area contributed by atoms with Gasteiger partial charge in [0.25, 0.3) is 0 Å². The lowest BCUT2D eigenvalue weighted by Crippen LogP contribution is -2.52. The smallest absolute Gasteiger partial charge is 0.306 e. The molecule has 0 aliphatic carbocycles. The zero-order valence-corrected chi connectivity index (χ0v) is 29.8. The van der Waals surface area contributed by atoms with Gasteiger partial charge in [-0.3, -0.25) is 14.4 Å². The molecule has 0 heterocycles. The van der Waals surface area contributed by atoms with Crippen LogP contribution in [-0.2, 0) is 14.4 Å². The Labute approximate surface area is 276 Å². The van der Waals surface area contributed by atoms with Crippen LogP contribution in [0.4, 0.5) is 0 Å². The van der Waals surface area contributed by atoms with Gasteiger partial charge in [-0.25, -0.2) is 0 Å². The molecule has 0 bridgehead atoms. The monoisotopic (exact) mass is 639 g/mol. The van der Waals surface area contributed by atoms with Crippen molar-refractivity contribution in [2.24, 2.45) is 17.8 Å². The van der Waals surface area contributed by atoms with Crippen LogP contribution in [0.25, 0.3) is 0 Å². The third kappa shape index (κ3) is 24.9. The van der Waals surface area contributed by atoms with Gasteiger partial charge in [-0.2, -0.15) is 0 Å². The Kier molecular flexibility index (Phi) is 27.2. The minimum absolute atomic E-state index is 0.487. The molecule has 0 fully saturated rings. The lowest BCUT2D eigenvalue weighted by molar-refractivity contribution is -0.929. The van der Waals surface area contributed by atoms with E-state index in [0.29, 0.717) is 43.4 Å². The molecule has 45 heavy (non-hydrogen) atoms. The second kappa shape index (κ2) is 28.3. The summed E-state index contributed by atoms with van der Waals surface area (Å²) in [6.07, 6.45) is 30.9. The fraction of sp³-hybridized carbons (Fsp3) is 0.868. The number of carboxylic acid groups (broad SMARTS) is 3. The molecule has 0 saturated heterocycles. The molecule has 7 nitrogen and oxygen atoms in total. The molecule has 0 aliphatic heterocycles. The van der Waals surface area contributed by atoms with Crippen molar-refractivity contribution >= 4 is 17.9 Å². The second-order valence-corrected chi connectivity index (χ2v) is 14.0. The summed E-state index contributed by atoms with van der Waals surface area (Å²) >= 11 is 0. The largest absolute Gasteiger partial charge is 0.481 e. The van der Waals surface area contributed by atoms with Crippen LogP contribution in [0.5, 0.6) is 0 Å². The van der Waals surface area contributed by atoms with Crippen molar-refractivity contribution < 1.29 is 34.2 Å². The molecule has 0 spiro atoms. The molecule has 264 valence electrons. The lowest BCUT2D eigenvalue weighted by atomic mass is 10.0. The first-order valence-electron chi connectivity index (χ1n) is 18.7. The number of nitrogens with zero attached hydrogens (tertiary/aromatic N) is 1. The Morgan fingerprint density at radius 2 is 0.756 bits per heavy atom. The molecule has 3 unspecified atom stereocenters. The van der Waals surface area contributed by atoms with E-state index in [1.807, 2.05) is 0 Å². The molecular formula is C38H72NO6+. The fourth-order valence-electron chi connectivity index (χ4n) is 6.02. The topological polar surface area (TPSA) is 112 Å². The molecule has 3 N–H and O–H groups in total. The summed E-state index contributed by atoms with van der Waals surface area (Å²) in [5, 5.41) is 28.3. The van der Waals surface area contributed by atoms with E-state index in [1.165, 1.54) is 96.3 Å². The van der Waals surface area contributed by atoms with E-state index in [0.717, 1.165) is 32.2 Å². The van der Waals surface area contributed by atoms with Crippen LogP contribution in [0.3, 0.4) is 0 Å². The number of unbranched alkanes of at least 4 members (excludes halogenated alkanes) is 17. The van der Waals surface area contributed by atoms with Gasteiger partial charge in [0.05, 0.1) is 43.9 Å². The molecule has 0 aliphatic rings. The second-order valence-electron chi connectivity index (χ2n) is 14.0. The summed E-state index contributed by atoms with van der Waals surface area (Å²) in [5.41, 5.74) is 0. The molecule has 0 aromatic carbocycles. The minimum Gasteiger partial charge on any atom is -0.481 e. The number of carboxylic acids is 3. The van der Waals surface area contributed by atoms with Crippen molar-refractivity contribution in [2.45, 2.75) is 169 Å². The normalized spacial score (nSPS) is 15.1. The highest BCUT2D eigenvalue weighted by molar-refractivity contribution is 5.70. The Balaban J connectivity index is 4.39. The summed E-state index contributed by atoms with van der Waals surface area (Å²) in [6.45, 7) is 10.1. The number of hydrogen-bond acceptors (Lipinski definition) is 3. The Hall–Kier alpha value is -1.89. The first-order valence-corrected chi connectivity index (χ1v) is 18.7. The van der Waals surface area contributed by atoms with E-state index in [1.54, 1.807) is 20.8 Å². The predicted octanol–water partition coefficient (Wildman–Crippen LogP) is 10.1. The van der Waals surface area contributed by atoms with Crippen LogP contribution in [0.2, 0.25) is 0 Å². The number of hydrogen-bond donors (Lipinski definition) is 3. The van der Waals surface area contributed by atoms with Crippen molar-refractivity contribution in [3.05, 3.63) is 12.2 Å². The average Bonchev–Trinajstić information content (AvgIpc) is 3.01. The standard InChI is InChI=1S/C38H71NO6/c1-5-6-7-8-9-10-11-12-13-14-15-16-17-18-19-20-21-22-23-24-25-29-39(30-26-33(2)36(40)41,31-27-34(3)37(42)43)32-28-35(4)38(44)45/h21-22,33-35H,5-20,23-32H2,1-4H3,(H2-,40,41,42,43,44,45)/p+1/b22-21+. The molecule has 0 amide bonds. The van der Waals surface area contributed by atoms with Crippen molar-refractivity contribution in [1.29, 1.82) is 0 Å². The molecule has 7 heteroatoms. The van der Waals surface area contributed by atoms with Gasteiger partial charge in [0.15, 0.2) is 0 Å². The first kappa shape index (κ1) is 43.1. The van der Waals surface area contributed by atoms with E-state index >= 15 is 0 Å². The Morgan fingerprint density at radius 3 is 1.07 bits per heavy atom. The summed E-state index contributed by atoms with van der Waals surface area (Å²) in [6, 6.07) is 0. The number of aliphatic carboxylic acids is 3. The maximum absolute atomic E-state index is 11.5. The van der Waals surface area contributed by atoms with Crippen LogP contribution in [0, 0.1) is 17.8 Å². The van der Waals surface area contributed by atoms with Crippen LogP contribution in [0.15, 0.2) is 12.2 Å². The van der Waals surface area contributed by atoms with Crippen LogP contribution >= 0.6 is 0 Å². The summed E-state index contributed by atoms with van der Waals surface area (Å²) < 4.78 is 0.593. The molecule has 0 aromatic heterocycles. The van der Waals surface area contributed by atoms with Gasteiger partial charge in [-0.1, -0.05) is 130 Å². The van der Waals surface area contributed by atoms with Crippen molar-refractivity contribution in [1.82, 2.24) is 0 Å². The van der Waals surface area contributed by atoms with Gasteiger partial charge in [0, 0.05) is 19.3 Å². The van der Waals surface area contributed by atoms with Crippen molar-refractivity contribution in [3.8, 4) is 0 Å². The Bertz CT molecular complexity index is 722. The first-order chi connectivity index (χ1) is 21.5. The van der Waals surface area contributed by atoms with E-state index in [-0.39, 0.29) is 0 Å². The summed E-state index contributed by atoms with van der Waals surface area (Å²) in [5.74, 6) is -3.95. The molecule has 0 saturated carbocycles. The van der Waals surface area contributed by atoms with Gasteiger partial charge in [0.1, 0.15) is 0 Å². The summed E-state index contributed by atoms with van der Waals surface area (Å²) in [7, 11) is 0. The average molecular weight is 639 g/mol. The van der Waals surface area contributed by atoms with Gasteiger partial charge in [0.2, 0.25) is 0 Å². The maximum Gasteiger partial charge on any atom is 0.306 e. The lowest BCUT2D eigenvalue weighted by Gasteiger charge is -2.40. The molecule has 0 radical (unpaired) electrons. The van der Waals surface area contributed by atoms with E-state index < -0.39 is 35.7 Å². The van der Waals surface area contributed by atoms with Gasteiger partial charge >= 0.3 is 17.9 Å². The molecule has 0 aromatic rings. The Morgan fingerprint density at radius 1 is 0.467 bits per heavy atom. The van der Waals surface area contributed by atoms with E-state index in [9.17, 15) is 29.7 Å². The zero-order chi connectivity index (χ0) is 33.8. The molecule has 3 atom stereocenters. The van der Waals surface area contributed by atoms with Crippen molar-refractivity contribution in [2.75, 3.05) is 26.2 Å². The van der Waals surface area contributed by atoms with Crippen LogP contribution in [-0.4, -0.2) is 63.9 Å². The van der Waals surface area contributed by atoms with Crippen LogP contribution < -0.4 is 0 Å². The highest BCUT2D eigenvalue weighted by atomic mass is 16.4. The van der Waals surface area contributed by atoms with Gasteiger partial charge in [-0.05, 0) is 32.1 Å². The van der Waals surface area contributed by atoms with E-state index in [2.05, 4.69) is 19.1 Å². The highest BCUT2D eigenvalue weighted by Gasteiger charge is 2.31. The van der Waals surface area contributed by atoms with Gasteiger partial charge in [-0.15, -0.1) is 0 Å². The third-order valence-corrected chi connectivity index (χ3v) is 9.77. The SMILES string of the molecule is CCCCCCCCCCCCCCCCC/C=C/CCCC[N+](CCC(C)C(=O)O)(CCC(C)C(=O)O)CCC(C)C(=O)O. The third-order valence-electron chi connectivity index (χ3n) is 9.77. The maximum atomic E-state index is 11.5. The van der Waals surface area contributed by atoms with E-state index in [4.69, 9.17) is 0 Å². The van der Waals surface area contributed by atoms with Crippen LogP contribution in [0.1, 0.15) is 169 Å².